The zero-order valence-corrected chi connectivity index (χ0v) is 11.7. The van der Waals surface area contributed by atoms with Gasteiger partial charge in [-0.05, 0) is 17.2 Å². The molecule has 0 aliphatic rings. The monoisotopic (exact) mass is 275 g/mol. The number of anilines is 2. The topological polar surface area (TPSA) is 50.9 Å². The van der Waals surface area contributed by atoms with Crippen LogP contribution in [0.3, 0.4) is 0 Å². The maximum absolute atomic E-state index is 6.25. The minimum Gasteiger partial charge on any atom is -0.395 e. The summed E-state index contributed by atoms with van der Waals surface area (Å²) in [5, 5.41) is 3.30. The van der Waals surface area contributed by atoms with Gasteiger partial charge < -0.3 is 11.1 Å². The molecule has 3 nitrogen and oxygen atoms in total. The van der Waals surface area contributed by atoms with Crippen LogP contribution in [0.1, 0.15) is 5.56 Å². The zero-order chi connectivity index (χ0) is 14.5. The molecule has 0 spiro atoms. The van der Waals surface area contributed by atoms with E-state index in [1.54, 1.807) is 6.20 Å². The molecule has 0 amide bonds. The predicted octanol–water partition coefficient (Wildman–Crippen LogP) is 3.94. The lowest BCUT2D eigenvalue weighted by molar-refractivity contribution is 1.11. The molecule has 0 aliphatic heterocycles. The largest absolute Gasteiger partial charge is 0.395 e. The first-order chi connectivity index (χ1) is 10.3. The molecule has 2 aromatic carbocycles. The van der Waals surface area contributed by atoms with Crippen LogP contribution in [-0.2, 0) is 6.54 Å². The first kappa shape index (κ1) is 13.2. The molecule has 3 N–H and O–H groups in total. The number of nitrogens with one attached hydrogen (secondary N) is 1. The number of aromatic nitrogens is 1. The van der Waals surface area contributed by atoms with Crippen molar-refractivity contribution >= 4 is 11.5 Å². The minimum atomic E-state index is 0.680. The molecule has 0 fully saturated rings. The van der Waals surface area contributed by atoms with Crippen molar-refractivity contribution < 1.29 is 0 Å². The molecule has 3 heteroatoms. The molecular weight excluding hydrogens is 258 g/mol. The Labute approximate surface area is 124 Å². The standard InChI is InChI=1S/C18H17N3/c19-17-16(15-9-5-2-6-10-15)11-12-20-18(17)21-13-14-7-3-1-4-8-14/h1-12H,13,19H2,(H,20,21). The summed E-state index contributed by atoms with van der Waals surface area (Å²) in [5.74, 6) is 0.722. The summed E-state index contributed by atoms with van der Waals surface area (Å²) >= 11 is 0. The first-order valence-electron chi connectivity index (χ1n) is 6.92. The van der Waals surface area contributed by atoms with Crippen molar-refractivity contribution in [2.45, 2.75) is 6.54 Å². The molecule has 0 atom stereocenters. The van der Waals surface area contributed by atoms with Crippen molar-refractivity contribution in [2.75, 3.05) is 11.1 Å². The Bertz CT molecular complexity index is 709. The van der Waals surface area contributed by atoms with Crippen molar-refractivity contribution in [3.63, 3.8) is 0 Å². The molecule has 21 heavy (non-hydrogen) atoms. The van der Waals surface area contributed by atoms with E-state index in [2.05, 4.69) is 22.4 Å². The highest BCUT2D eigenvalue weighted by atomic mass is 15.0. The summed E-state index contributed by atoms with van der Waals surface area (Å²) in [6.07, 6.45) is 1.78. The second-order valence-electron chi connectivity index (χ2n) is 4.83. The van der Waals surface area contributed by atoms with Crippen LogP contribution in [0.15, 0.2) is 72.9 Å². The van der Waals surface area contributed by atoms with Crippen LogP contribution >= 0.6 is 0 Å². The Kier molecular flexibility index (Phi) is 3.83. The third-order valence-electron chi connectivity index (χ3n) is 3.38. The van der Waals surface area contributed by atoms with Gasteiger partial charge in [-0.3, -0.25) is 0 Å². The van der Waals surface area contributed by atoms with Crippen LogP contribution in [0, 0.1) is 0 Å². The van der Waals surface area contributed by atoms with Crippen LogP contribution < -0.4 is 11.1 Å². The van der Waals surface area contributed by atoms with Crippen LogP contribution in [-0.4, -0.2) is 4.98 Å². The molecule has 0 saturated heterocycles. The lowest BCUT2D eigenvalue weighted by atomic mass is 10.1. The maximum Gasteiger partial charge on any atom is 0.150 e. The highest BCUT2D eigenvalue weighted by Crippen LogP contribution is 2.29. The Morgan fingerprint density at radius 2 is 1.52 bits per heavy atom. The minimum absolute atomic E-state index is 0.680. The van der Waals surface area contributed by atoms with E-state index >= 15 is 0 Å². The number of hydrogen-bond acceptors (Lipinski definition) is 3. The van der Waals surface area contributed by atoms with Gasteiger partial charge in [-0.2, -0.15) is 0 Å². The molecule has 1 aromatic heterocycles. The second-order valence-corrected chi connectivity index (χ2v) is 4.83. The van der Waals surface area contributed by atoms with Crippen LogP contribution in [0.5, 0.6) is 0 Å². The quantitative estimate of drug-likeness (QED) is 0.758. The second kappa shape index (κ2) is 6.09. The number of nitrogens with two attached hydrogens (primary N) is 1. The van der Waals surface area contributed by atoms with Gasteiger partial charge in [0.1, 0.15) is 5.82 Å². The van der Waals surface area contributed by atoms with Crippen molar-refractivity contribution in [1.82, 2.24) is 4.98 Å². The highest BCUT2D eigenvalue weighted by Gasteiger charge is 2.07. The third kappa shape index (κ3) is 3.03. The fourth-order valence-corrected chi connectivity index (χ4v) is 2.27. The molecule has 0 aliphatic carbocycles. The Morgan fingerprint density at radius 1 is 0.857 bits per heavy atom. The summed E-state index contributed by atoms with van der Waals surface area (Å²) in [6.45, 7) is 0.705. The summed E-state index contributed by atoms with van der Waals surface area (Å²) < 4.78 is 0. The van der Waals surface area contributed by atoms with Crippen LogP contribution in [0.25, 0.3) is 11.1 Å². The average Bonchev–Trinajstić information content (AvgIpc) is 2.56. The Balaban J connectivity index is 1.84. The Hall–Kier alpha value is -2.81. The van der Waals surface area contributed by atoms with Crippen LogP contribution in [0.4, 0.5) is 11.5 Å². The normalized spacial score (nSPS) is 10.3. The molecule has 1 heterocycles. The Morgan fingerprint density at radius 3 is 2.24 bits per heavy atom. The predicted molar refractivity (Wildman–Crippen MR) is 87.9 cm³/mol. The molecule has 0 bridgehead atoms. The number of benzene rings is 2. The van der Waals surface area contributed by atoms with E-state index in [0.29, 0.717) is 12.2 Å². The average molecular weight is 275 g/mol. The van der Waals surface area contributed by atoms with Gasteiger partial charge in [0.05, 0.1) is 5.69 Å². The summed E-state index contributed by atoms with van der Waals surface area (Å²) in [4.78, 5) is 4.34. The molecule has 3 aromatic rings. The van der Waals surface area contributed by atoms with E-state index < -0.39 is 0 Å². The first-order valence-corrected chi connectivity index (χ1v) is 6.92. The zero-order valence-electron chi connectivity index (χ0n) is 11.7. The van der Waals surface area contributed by atoms with Gasteiger partial charge in [0.25, 0.3) is 0 Å². The van der Waals surface area contributed by atoms with Crippen molar-refractivity contribution in [1.29, 1.82) is 0 Å². The number of nitrogens with zero attached hydrogens (tertiary/aromatic N) is 1. The van der Waals surface area contributed by atoms with E-state index in [4.69, 9.17) is 5.73 Å². The fourth-order valence-electron chi connectivity index (χ4n) is 2.27. The van der Waals surface area contributed by atoms with E-state index in [-0.39, 0.29) is 0 Å². The highest BCUT2D eigenvalue weighted by molar-refractivity contribution is 5.83. The van der Waals surface area contributed by atoms with Gasteiger partial charge >= 0.3 is 0 Å². The third-order valence-corrected chi connectivity index (χ3v) is 3.38. The van der Waals surface area contributed by atoms with E-state index in [0.717, 1.165) is 16.9 Å². The lowest BCUT2D eigenvalue weighted by Crippen LogP contribution is -2.05. The number of rotatable bonds is 4. The summed E-state index contributed by atoms with van der Waals surface area (Å²) in [7, 11) is 0. The smallest absolute Gasteiger partial charge is 0.150 e. The lowest BCUT2D eigenvalue weighted by Gasteiger charge is -2.12. The van der Waals surface area contributed by atoms with Crippen molar-refractivity contribution in [3.8, 4) is 11.1 Å². The molecular formula is C18H17N3. The van der Waals surface area contributed by atoms with Gasteiger partial charge in [-0.1, -0.05) is 60.7 Å². The van der Waals surface area contributed by atoms with E-state index in [1.165, 1.54) is 5.56 Å². The summed E-state index contributed by atoms with van der Waals surface area (Å²) in [5.41, 5.74) is 10.2. The number of nitrogen functional groups attached to an aromatic ring is 1. The fraction of sp³-hybridized carbons (Fsp3) is 0.0556. The summed E-state index contributed by atoms with van der Waals surface area (Å²) in [6, 6.07) is 22.2. The van der Waals surface area contributed by atoms with Gasteiger partial charge in [-0.25, -0.2) is 4.98 Å². The van der Waals surface area contributed by atoms with Gasteiger partial charge in [0, 0.05) is 18.3 Å². The molecule has 0 radical (unpaired) electrons. The van der Waals surface area contributed by atoms with Gasteiger partial charge in [0.15, 0.2) is 0 Å². The molecule has 3 rings (SSSR count). The van der Waals surface area contributed by atoms with Gasteiger partial charge in [-0.15, -0.1) is 0 Å². The molecule has 0 saturated carbocycles. The maximum atomic E-state index is 6.25. The SMILES string of the molecule is Nc1c(-c2ccccc2)ccnc1NCc1ccccc1. The van der Waals surface area contributed by atoms with Crippen molar-refractivity contribution in [3.05, 3.63) is 78.5 Å². The van der Waals surface area contributed by atoms with E-state index in [9.17, 15) is 0 Å². The molecule has 0 unspecified atom stereocenters. The number of hydrogen-bond donors (Lipinski definition) is 2. The van der Waals surface area contributed by atoms with Crippen LogP contribution in [0.2, 0.25) is 0 Å². The number of pyridine rings is 1. The van der Waals surface area contributed by atoms with Gasteiger partial charge in [0.2, 0.25) is 0 Å². The molecule has 104 valence electrons. The van der Waals surface area contributed by atoms with E-state index in [1.807, 2.05) is 54.6 Å². The van der Waals surface area contributed by atoms with Crippen molar-refractivity contribution in [2.24, 2.45) is 0 Å².